The van der Waals surface area contributed by atoms with Crippen molar-refractivity contribution < 1.29 is 4.74 Å². The number of rotatable bonds is 6. The van der Waals surface area contributed by atoms with Gasteiger partial charge in [-0.3, -0.25) is 0 Å². The lowest BCUT2D eigenvalue weighted by Crippen LogP contribution is -2.14. The molecule has 1 aliphatic carbocycles. The lowest BCUT2D eigenvalue weighted by Gasteiger charge is -2.21. The summed E-state index contributed by atoms with van der Waals surface area (Å²) < 4.78 is 6.42. The van der Waals surface area contributed by atoms with Crippen molar-refractivity contribution >= 4 is 17.1 Å². The van der Waals surface area contributed by atoms with E-state index in [4.69, 9.17) is 4.74 Å². The monoisotopic (exact) mass is 311 g/mol. The van der Waals surface area contributed by atoms with Crippen molar-refractivity contribution in [2.45, 2.75) is 18.9 Å². The summed E-state index contributed by atoms with van der Waals surface area (Å²) in [7, 11) is 1.98. The summed E-state index contributed by atoms with van der Waals surface area (Å²) in [5.74, 6) is 0.981. The third-order valence-electron chi connectivity index (χ3n) is 3.79. The zero-order valence-corrected chi connectivity index (χ0v) is 13.6. The van der Waals surface area contributed by atoms with E-state index in [1.54, 1.807) is 11.3 Å². The predicted octanol–water partition coefficient (Wildman–Crippen LogP) is 4.57. The Labute approximate surface area is 136 Å². The number of fused-ring (bicyclic) bond motifs is 1. The molecule has 1 atom stereocenters. The normalized spacial score (nSPS) is 14.9. The number of ether oxygens (including phenoxy) is 1. The average Bonchev–Trinajstić information content (AvgIpc) is 2.95. The third-order valence-corrected chi connectivity index (χ3v) is 4.74. The van der Waals surface area contributed by atoms with Gasteiger partial charge in [-0.1, -0.05) is 42.5 Å². The second-order valence-corrected chi connectivity index (χ2v) is 6.33. The maximum absolute atomic E-state index is 6.42. The van der Waals surface area contributed by atoms with Crippen LogP contribution in [-0.2, 0) is 11.2 Å². The molecule has 0 amide bonds. The van der Waals surface area contributed by atoms with Crippen molar-refractivity contribution in [1.82, 2.24) is 5.32 Å². The number of benzene rings is 1. The van der Waals surface area contributed by atoms with Crippen LogP contribution < -0.4 is 5.32 Å². The summed E-state index contributed by atoms with van der Waals surface area (Å²) in [6.07, 6.45) is 8.38. The van der Waals surface area contributed by atoms with E-state index in [2.05, 4.69) is 59.3 Å². The zero-order chi connectivity index (χ0) is 15.2. The quantitative estimate of drug-likeness (QED) is 0.844. The molecule has 1 heterocycles. The standard InChI is InChI=1S/C19H21NOS/c1-20-13-11-17(15-7-3-2-4-8-15)21-18-9-5-6-10-19-16(18)12-14-22-19/h2-9,12,14,17,20H,10-11,13H2,1H3. The van der Waals surface area contributed by atoms with Gasteiger partial charge in [-0.2, -0.15) is 0 Å². The fraction of sp³-hybridized carbons (Fsp3) is 0.263. The highest BCUT2D eigenvalue weighted by Gasteiger charge is 2.18. The van der Waals surface area contributed by atoms with Gasteiger partial charge in [0.15, 0.2) is 0 Å². The summed E-state index contributed by atoms with van der Waals surface area (Å²) >= 11 is 1.80. The van der Waals surface area contributed by atoms with Crippen LogP contribution in [0, 0.1) is 0 Å². The van der Waals surface area contributed by atoms with E-state index in [9.17, 15) is 0 Å². The summed E-state index contributed by atoms with van der Waals surface area (Å²) in [4.78, 5) is 1.38. The minimum Gasteiger partial charge on any atom is -0.485 e. The van der Waals surface area contributed by atoms with Crippen LogP contribution in [0.1, 0.15) is 28.5 Å². The van der Waals surface area contributed by atoms with Gasteiger partial charge in [-0.05, 0) is 36.7 Å². The molecule has 0 bridgehead atoms. The van der Waals surface area contributed by atoms with Gasteiger partial charge in [-0.15, -0.1) is 11.3 Å². The topological polar surface area (TPSA) is 21.3 Å². The molecule has 3 heteroatoms. The van der Waals surface area contributed by atoms with E-state index in [-0.39, 0.29) is 6.10 Å². The molecular formula is C19H21NOS. The first-order chi connectivity index (χ1) is 10.9. The number of nitrogens with one attached hydrogen (secondary N) is 1. The minimum atomic E-state index is 0.0687. The molecule has 0 aliphatic heterocycles. The Hall–Kier alpha value is -1.84. The average molecular weight is 311 g/mol. The molecule has 0 saturated carbocycles. The number of allylic oxidation sites excluding steroid dienone is 3. The van der Waals surface area contributed by atoms with Crippen LogP contribution in [0.4, 0.5) is 0 Å². The Morgan fingerprint density at radius 1 is 1.23 bits per heavy atom. The molecule has 0 radical (unpaired) electrons. The van der Waals surface area contributed by atoms with Crippen LogP contribution in [0.3, 0.4) is 0 Å². The molecule has 0 fully saturated rings. The highest BCUT2D eigenvalue weighted by molar-refractivity contribution is 7.10. The van der Waals surface area contributed by atoms with Crippen molar-refractivity contribution in [2.75, 3.05) is 13.6 Å². The molecule has 1 unspecified atom stereocenters. The Balaban J connectivity index is 1.85. The molecule has 1 aromatic heterocycles. The molecule has 2 nitrogen and oxygen atoms in total. The largest absolute Gasteiger partial charge is 0.485 e. The Kier molecular flexibility index (Phi) is 5.09. The Morgan fingerprint density at radius 2 is 2.09 bits per heavy atom. The van der Waals surface area contributed by atoms with Crippen LogP contribution in [0.5, 0.6) is 0 Å². The van der Waals surface area contributed by atoms with E-state index in [1.807, 2.05) is 13.1 Å². The van der Waals surface area contributed by atoms with E-state index in [0.29, 0.717) is 0 Å². The summed E-state index contributed by atoms with van der Waals surface area (Å²) in [5, 5.41) is 5.37. The van der Waals surface area contributed by atoms with Crippen LogP contribution in [-0.4, -0.2) is 13.6 Å². The minimum absolute atomic E-state index is 0.0687. The Morgan fingerprint density at radius 3 is 2.91 bits per heavy atom. The molecule has 2 aromatic rings. The molecule has 0 spiro atoms. The zero-order valence-electron chi connectivity index (χ0n) is 12.8. The number of hydrogen-bond acceptors (Lipinski definition) is 3. The van der Waals surface area contributed by atoms with Crippen molar-refractivity contribution in [3.63, 3.8) is 0 Å². The number of hydrogen-bond donors (Lipinski definition) is 1. The molecule has 1 aliphatic rings. The maximum Gasteiger partial charge on any atom is 0.128 e. The van der Waals surface area contributed by atoms with Crippen molar-refractivity contribution in [3.05, 3.63) is 76.0 Å². The molecule has 3 rings (SSSR count). The summed E-state index contributed by atoms with van der Waals surface area (Å²) in [5.41, 5.74) is 2.46. The SMILES string of the molecule is CNCCC(OC1=CC=CCc2sccc21)c1ccccc1. The van der Waals surface area contributed by atoms with Crippen LogP contribution in [0.2, 0.25) is 0 Å². The summed E-state index contributed by atoms with van der Waals surface area (Å²) in [6.45, 7) is 0.930. The molecule has 0 saturated heterocycles. The molecule has 22 heavy (non-hydrogen) atoms. The van der Waals surface area contributed by atoms with Gasteiger partial charge in [0.1, 0.15) is 11.9 Å². The molecular weight excluding hydrogens is 290 g/mol. The van der Waals surface area contributed by atoms with Gasteiger partial charge in [0, 0.05) is 23.3 Å². The highest BCUT2D eigenvalue weighted by atomic mass is 32.1. The first kappa shape index (κ1) is 15.1. The number of thiophene rings is 1. The van der Waals surface area contributed by atoms with Crippen LogP contribution in [0.15, 0.2) is 60.0 Å². The van der Waals surface area contributed by atoms with Gasteiger partial charge >= 0.3 is 0 Å². The highest BCUT2D eigenvalue weighted by Crippen LogP contribution is 2.33. The summed E-state index contributed by atoms with van der Waals surface area (Å²) in [6, 6.07) is 12.6. The lowest BCUT2D eigenvalue weighted by molar-refractivity contribution is 0.159. The van der Waals surface area contributed by atoms with E-state index >= 15 is 0 Å². The Bertz CT molecular complexity index is 657. The maximum atomic E-state index is 6.42. The third kappa shape index (κ3) is 3.49. The van der Waals surface area contributed by atoms with Gasteiger partial charge in [0.2, 0.25) is 0 Å². The van der Waals surface area contributed by atoms with Gasteiger partial charge < -0.3 is 10.1 Å². The van der Waals surface area contributed by atoms with Gasteiger partial charge in [0.25, 0.3) is 0 Å². The molecule has 1 N–H and O–H groups in total. The second-order valence-electron chi connectivity index (χ2n) is 5.33. The predicted molar refractivity (Wildman–Crippen MR) is 94.0 cm³/mol. The van der Waals surface area contributed by atoms with Crippen molar-refractivity contribution in [3.8, 4) is 0 Å². The van der Waals surface area contributed by atoms with Crippen molar-refractivity contribution in [1.29, 1.82) is 0 Å². The van der Waals surface area contributed by atoms with Crippen molar-refractivity contribution in [2.24, 2.45) is 0 Å². The first-order valence-corrected chi connectivity index (χ1v) is 8.56. The fourth-order valence-corrected chi connectivity index (χ4v) is 3.49. The van der Waals surface area contributed by atoms with E-state index < -0.39 is 0 Å². The molecule has 1 aromatic carbocycles. The van der Waals surface area contributed by atoms with Crippen LogP contribution in [0.25, 0.3) is 5.76 Å². The second kappa shape index (κ2) is 7.43. The van der Waals surface area contributed by atoms with E-state index in [0.717, 1.165) is 25.1 Å². The lowest BCUT2D eigenvalue weighted by atomic mass is 10.1. The van der Waals surface area contributed by atoms with E-state index in [1.165, 1.54) is 16.0 Å². The van der Waals surface area contributed by atoms with Gasteiger partial charge in [-0.25, -0.2) is 0 Å². The molecule has 114 valence electrons. The fourth-order valence-electron chi connectivity index (χ4n) is 2.63. The smallest absolute Gasteiger partial charge is 0.128 e. The van der Waals surface area contributed by atoms with Gasteiger partial charge in [0.05, 0.1) is 0 Å². The first-order valence-electron chi connectivity index (χ1n) is 7.68. The van der Waals surface area contributed by atoms with Crippen LogP contribution >= 0.6 is 11.3 Å².